The van der Waals surface area contributed by atoms with Gasteiger partial charge in [-0.3, -0.25) is 0 Å². The lowest BCUT2D eigenvalue weighted by molar-refractivity contribution is -0.133. The van der Waals surface area contributed by atoms with E-state index in [9.17, 15) is 5.11 Å². The Bertz CT molecular complexity index is 388. The normalized spacial score (nSPS) is 13.4. The Balaban J connectivity index is 3.07. The third-order valence-electron chi connectivity index (χ3n) is 5.19. The molecule has 0 aliphatic carbocycles. The summed E-state index contributed by atoms with van der Waals surface area (Å²) in [5, 5.41) is 18.3. The van der Waals surface area contributed by atoms with Gasteiger partial charge < -0.3 is 43.4 Å². The Morgan fingerprint density at radius 2 is 0.771 bits per heavy atom. The lowest BCUT2D eigenvalue weighted by atomic mass is 10.1. The van der Waals surface area contributed by atoms with Crippen LogP contribution in [0.2, 0.25) is 0 Å². The third kappa shape index (κ3) is 28.1. The summed E-state index contributed by atoms with van der Waals surface area (Å²) in [6, 6.07) is 0. The Morgan fingerprint density at radius 3 is 1.06 bits per heavy atom. The summed E-state index contributed by atoms with van der Waals surface area (Å²) in [7, 11) is 0. The molecule has 0 fully saturated rings. The van der Waals surface area contributed by atoms with E-state index in [-0.39, 0.29) is 12.5 Å². The quantitative estimate of drug-likeness (QED) is 0.111. The van der Waals surface area contributed by atoms with Crippen LogP contribution in [-0.2, 0) is 33.2 Å². The number of ether oxygens (including phenoxy) is 7. The highest BCUT2D eigenvalue weighted by molar-refractivity contribution is 4.52. The zero-order chi connectivity index (χ0) is 25.7. The first-order chi connectivity index (χ1) is 17.2. The van der Waals surface area contributed by atoms with Crippen LogP contribution in [0.15, 0.2) is 0 Å². The molecule has 0 radical (unpaired) electrons. The average Bonchev–Trinajstić information content (AvgIpc) is 2.87. The van der Waals surface area contributed by atoms with Crippen LogP contribution >= 0.6 is 0 Å². The summed E-state index contributed by atoms with van der Waals surface area (Å²) in [4.78, 5) is 0. The van der Waals surface area contributed by atoms with Crippen LogP contribution in [0.3, 0.4) is 0 Å². The Morgan fingerprint density at radius 1 is 0.486 bits per heavy atom. The van der Waals surface area contributed by atoms with E-state index < -0.39 is 6.29 Å². The fourth-order valence-corrected chi connectivity index (χ4v) is 2.83. The van der Waals surface area contributed by atoms with Gasteiger partial charge in [-0.05, 0) is 51.4 Å². The maximum atomic E-state index is 9.71. The minimum atomic E-state index is -0.674. The van der Waals surface area contributed by atoms with E-state index >= 15 is 0 Å². The second-order valence-electron chi connectivity index (χ2n) is 8.52. The summed E-state index contributed by atoms with van der Waals surface area (Å²) in [6.45, 7) is 13.0. The van der Waals surface area contributed by atoms with Crippen LogP contribution in [-0.4, -0.2) is 109 Å². The first-order valence-electron chi connectivity index (χ1n) is 13.6. The maximum Gasteiger partial charge on any atom is 0.157 e. The van der Waals surface area contributed by atoms with Crippen molar-refractivity contribution in [2.24, 2.45) is 5.92 Å². The van der Waals surface area contributed by atoms with Crippen molar-refractivity contribution in [3.63, 3.8) is 0 Å². The Labute approximate surface area is 213 Å². The molecule has 2 atom stereocenters. The van der Waals surface area contributed by atoms with Crippen molar-refractivity contribution in [3.8, 4) is 0 Å². The van der Waals surface area contributed by atoms with Gasteiger partial charge in [-0.2, -0.15) is 0 Å². The SMILES string of the molecule is CCC(C)C(O)OCCCOCCCOCCCOCCCOCCCOCCCOCCCO. The second kappa shape index (κ2) is 29.9. The molecule has 0 bridgehead atoms. The molecule has 0 heterocycles. The molecular weight excluding hydrogens is 456 g/mol. The molecule has 0 rings (SSSR count). The lowest BCUT2D eigenvalue weighted by Gasteiger charge is -2.17. The van der Waals surface area contributed by atoms with Gasteiger partial charge in [0.1, 0.15) is 0 Å². The van der Waals surface area contributed by atoms with E-state index in [1.165, 1.54) is 0 Å². The summed E-state index contributed by atoms with van der Waals surface area (Å²) in [5.74, 6) is 0.167. The topological polar surface area (TPSA) is 105 Å². The van der Waals surface area contributed by atoms with Crippen molar-refractivity contribution in [3.05, 3.63) is 0 Å². The summed E-state index contributed by atoms with van der Waals surface area (Å²) in [5.41, 5.74) is 0. The van der Waals surface area contributed by atoms with Crippen molar-refractivity contribution >= 4 is 0 Å². The highest BCUT2D eigenvalue weighted by Crippen LogP contribution is 2.08. The number of hydrogen-bond donors (Lipinski definition) is 2. The molecule has 0 spiro atoms. The lowest BCUT2D eigenvalue weighted by Crippen LogP contribution is -2.21. The predicted octanol–water partition coefficient (Wildman–Crippen LogP) is 3.19. The number of aliphatic hydroxyl groups is 2. The summed E-state index contributed by atoms with van der Waals surface area (Å²) < 4.78 is 38.5. The van der Waals surface area contributed by atoms with Gasteiger partial charge in [0.05, 0.1) is 6.61 Å². The number of aliphatic hydroxyl groups excluding tert-OH is 2. The first-order valence-corrected chi connectivity index (χ1v) is 13.6. The molecule has 9 heteroatoms. The van der Waals surface area contributed by atoms with Gasteiger partial charge >= 0.3 is 0 Å². The van der Waals surface area contributed by atoms with Gasteiger partial charge in [0.2, 0.25) is 0 Å². The monoisotopic (exact) mass is 510 g/mol. The van der Waals surface area contributed by atoms with E-state index in [2.05, 4.69) is 0 Å². The largest absolute Gasteiger partial charge is 0.396 e. The molecule has 9 nitrogen and oxygen atoms in total. The summed E-state index contributed by atoms with van der Waals surface area (Å²) >= 11 is 0. The first kappa shape index (κ1) is 34.6. The molecule has 0 aromatic rings. The van der Waals surface area contributed by atoms with Crippen molar-refractivity contribution in [1.82, 2.24) is 0 Å². The van der Waals surface area contributed by atoms with E-state index in [0.29, 0.717) is 92.3 Å². The molecule has 2 unspecified atom stereocenters. The molecule has 0 aromatic carbocycles. The van der Waals surface area contributed by atoms with Crippen molar-refractivity contribution in [1.29, 1.82) is 0 Å². The summed E-state index contributed by atoms with van der Waals surface area (Å²) in [6.07, 6.45) is 6.15. The molecule has 212 valence electrons. The average molecular weight is 511 g/mol. The molecule has 35 heavy (non-hydrogen) atoms. The Hall–Kier alpha value is -0.360. The molecule has 2 N–H and O–H groups in total. The van der Waals surface area contributed by atoms with Crippen LogP contribution in [0.25, 0.3) is 0 Å². The maximum absolute atomic E-state index is 9.71. The predicted molar refractivity (Wildman–Crippen MR) is 136 cm³/mol. The van der Waals surface area contributed by atoms with Gasteiger partial charge in [-0.1, -0.05) is 13.8 Å². The van der Waals surface area contributed by atoms with E-state index in [1.807, 2.05) is 13.8 Å². The van der Waals surface area contributed by atoms with Crippen LogP contribution in [0.5, 0.6) is 0 Å². The molecule has 0 saturated heterocycles. The number of rotatable bonds is 30. The van der Waals surface area contributed by atoms with Crippen molar-refractivity contribution in [2.75, 3.05) is 92.5 Å². The molecule has 0 aliphatic rings. The van der Waals surface area contributed by atoms with E-state index in [0.717, 1.165) is 44.9 Å². The van der Waals surface area contributed by atoms with Gasteiger partial charge in [0.25, 0.3) is 0 Å². The third-order valence-corrected chi connectivity index (χ3v) is 5.19. The molecular formula is C26H54O9. The van der Waals surface area contributed by atoms with Gasteiger partial charge in [-0.15, -0.1) is 0 Å². The van der Waals surface area contributed by atoms with Gasteiger partial charge in [0, 0.05) is 91.8 Å². The van der Waals surface area contributed by atoms with E-state index in [1.54, 1.807) is 0 Å². The van der Waals surface area contributed by atoms with Crippen LogP contribution in [0.4, 0.5) is 0 Å². The highest BCUT2D eigenvalue weighted by Gasteiger charge is 2.11. The minimum absolute atomic E-state index is 0.167. The van der Waals surface area contributed by atoms with Gasteiger partial charge in [-0.25, -0.2) is 0 Å². The molecule has 0 saturated carbocycles. The Kier molecular flexibility index (Phi) is 29.6. The standard InChI is InChI=1S/C26H54O9/c1-3-25(2)26(28)35-24-10-23-34-22-9-21-33-20-8-19-32-18-7-17-31-16-6-15-30-14-5-13-29-12-4-11-27/h25-28H,3-24H2,1-2H3. The second-order valence-corrected chi connectivity index (χ2v) is 8.52. The molecule has 0 aromatic heterocycles. The van der Waals surface area contributed by atoms with Crippen molar-refractivity contribution < 1.29 is 43.4 Å². The fraction of sp³-hybridized carbons (Fsp3) is 1.00. The molecule has 0 aliphatic heterocycles. The van der Waals surface area contributed by atoms with Crippen LogP contribution in [0.1, 0.15) is 65.2 Å². The van der Waals surface area contributed by atoms with Gasteiger partial charge in [0.15, 0.2) is 6.29 Å². The molecule has 0 amide bonds. The zero-order valence-electron chi connectivity index (χ0n) is 22.5. The zero-order valence-corrected chi connectivity index (χ0v) is 22.5. The minimum Gasteiger partial charge on any atom is -0.396 e. The smallest absolute Gasteiger partial charge is 0.157 e. The van der Waals surface area contributed by atoms with Crippen LogP contribution < -0.4 is 0 Å². The fourth-order valence-electron chi connectivity index (χ4n) is 2.83. The van der Waals surface area contributed by atoms with Crippen LogP contribution in [0, 0.1) is 5.92 Å². The number of hydrogen-bond acceptors (Lipinski definition) is 9. The van der Waals surface area contributed by atoms with E-state index in [4.69, 9.17) is 38.3 Å². The highest BCUT2D eigenvalue weighted by atomic mass is 16.6. The van der Waals surface area contributed by atoms with Crippen molar-refractivity contribution in [2.45, 2.75) is 71.5 Å².